The third kappa shape index (κ3) is 3.49. The maximum Gasteiger partial charge on any atom is 0.328 e. The maximum absolute atomic E-state index is 11.3. The summed E-state index contributed by atoms with van der Waals surface area (Å²) in [5.41, 5.74) is 2.30. The van der Waals surface area contributed by atoms with E-state index in [4.69, 9.17) is 5.84 Å². The number of nitrogens with two attached hydrogens (primary N) is 1. The van der Waals surface area contributed by atoms with Gasteiger partial charge in [-0.25, -0.2) is 10.5 Å². The van der Waals surface area contributed by atoms with Gasteiger partial charge >= 0.3 is 5.97 Å². The molecular weight excluding hydrogens is 200 g/mol. The van der Waals surface area contributed by atoms with Crippen molar-refractivity contribution in [3.05, 3.63) is 28.2 Å². The Bertz CT molecular complexity index is 401. The molecule has 0 amide bonds. The minimum Gasteiger partial charge on any atom is -0.356 e. The molecule has 1 aromatic heterocycles. The maximum atomic E-state index is 11.3. The van der Waals surface area contributed by atoms with Gasteiger partial charge in [-0.15, -0.1) is 0 Å². The lowest BCUT2D eigenvalue weighted by Crippen LogP contribution is -2.28. The van der Waals surface area contributed by atoms with Crippen LogP contribution < -0.4 is 17.0 Å². The van der Waals surface area contributed by atoms with Crippen LogP contribution in [0.4, 0.5) is 0 Å². The van der Waals surface area contributed by atoms with Gasteiger partial charge in [0.25, 0.3) is 5.56 Å². The molecule has 0 saturated heterocycles. The van der Waals surface area contributed by atoms with E-state index < -0.39 is 5.97 Å². The summed E-state index contributed by atoms with van der Waals surface area (Å²) in [5, 5.41) is 3.85. The number of nitrogens with zero attached hydrogens (tertiary/aromatic N) is 2. The fraction of sp³-hybridized carbons (Fsp3) is 0.375. The number of rotatable bonds is 4. The lowest BCUT2D eigenvalue weighted by Gasteiger charge is -2.03. The molecule has 0 spiro atoms. The Hall–Kier alpha value is -1.73. The quantitative estimate of drug-likeness (QED) is 0.483. The first kappa shape index (κ1) is 11.3. The second kappa shape index (κ2) is 5.23. The van der Waals surface area contributed by atoms with Gasteiger partial charge in [-0.3, -0.25) is 9.59 Å². The van der Waals surface area contributed by atoms with Crippen molar-refractivity contribution in [3.63, 3.8) is 0 Å². The van der Waals surface area contributed by atoms with E-state index in [2.05, 4.69) is 9.94 Å². The Labute approximate surface area is 85.8 Å². The largest absolute Gasteiger partial charge is 0.356 e. The molecule has 0 fully saturated rings. The molecule has 1 rings (SSSR count). The fourth-order valence-corrected chi connectivity index (χ4v) is 1.01. The molecule has 0 aliphatic carbocycles. The summed E-state index contributed by atoms with van der Waals surface area (Å²) < 4.78 is 1.19. The van der Waals surface area contributed by atoms with E-state index in [1.54, 1.807) is 18.7 Å². The predicted octanol–water partition coefficient (Wildman–Crippen LogP) is -1.14. The SMILES string of the molecule is Cc1cnn(CCC(=O)ONN)c(=O)c1. The minimum absolute atomic E-state index is 0.0279. The minimum atomic E-state index is -0.549. The van der Waals surface area contributed by atoms with Gasteiger partial charge in [-0.1, -0.05) is 5.59 Å². The van der Waals surface area contributed by atoms with Gasteiger partial charge in [-0.05, 0) is 12.5 Å². The average molecular weight is 212 g/mol. The number of carbonyl (C=O) groups excluding carboxylic acids is 1. The van der Waals surface area contributed by atoms with Crippen molar-refractivity contribution in [2.75, 3.05) is 0 Å². The lowest BCUT2D eigenvalue weighted by molar-refractivity contribution is -0.151. The summed E-state index contributed by atoms with van der Waals surface area (Å²) >= 11 is 0. The Morgan fingerprint density at radius 1 is 1.73 bits per heavy atom. The summed E-state index contributed by atoms with van der Waals surface area (Å²) in [5.74, 6) is 4.22. The molecule has 7 nitrogen and oxygen atoms in total. The Kier molecular flexibility index (Phi) is 3.95. The zero-order chi connectivity index (χ0) is 11.3. The van der Waals surface area contributed by atoms with Gasteiger partial charge < -0.3 is 4.84 Å². The molecule has 0 unspecified atom stereocenters. The second-order valence-electron chi connectivity index (χ2n) is 2.94. The molecule has 15 heavy (non-hydrogen) atoms. The van der Waals surface area contributed by atoms with Crippen molar-refractivity contribution in [3.8, 4) is 0 Å². The van der Waals surface area contributed by atoms with E-state index in [9.17, 15) is 9.59 Å². The van der Waals surface area contributed by atoms with Crippen LogP contribution in [0.15, 0.2) is 17.1 Å². The summed E-state index contributed by atoms with van der Waals surface area (Å²) in [7, 11) is 0. The predicted molar refractivity (Wildman–Crippen MR) is 51.3 cm³/mol. The van der Waals surface area contributed by atoms with Crippen LogP contribution in [0.3, 0.4) is 0 Å². The van der Waals surface area contributed by atoms with E-state index >= 15 is 0 Å². The molecule has 1 heterocycles. The Morgan fingerprint density at radius 3 is 3.07 bits per heavy atom. The van der Waals surface area contributed by atoms with Gasteiger partial charge in [-0.2, -0.15) is 5.10 Å². The van der Waals surface area contributed by atoms with Gasteiger partial charge in [0.2, 0.25) is 0 Å². The average Bonchev–Trinajstić information content (AvgIpc) is 2.17. The van der Waals surface area contributed by atoms with Crippen LogP contribution in [0.5, 0.6) is 0 Å². The number of nitrogens with one attached hydrogen (secondary N) is 1. The molecule has 0 aliphatic heterocycles. The Morgan fingerprint density at radius 2 is 2.47 bits per heavy atom. The third-order valence-corrected chi connectivity index (χ3v) is 1.71. The van der Waals surface area contributed by atoms with Crippen molar-refractivity contribution in [2.45, 2.75) is 19.9 Å². The number of aromatic nitrogens is 2. The monoisotopic (exact) mass is 212 g/mol. The molecule has 1 aromatic rings. The number of hydrogen-bond acceptors (Lipinski definition) is 6. The molecule has 3 N–H and O–H groups in total. The molecule has 0 radical (unpaired) electrons. The van der Waals surface area contributed by atoms with Crippen molar-refractivity contribution < 1.29 is 9.63 Å². The highest BCUT2D eigenvalue weighted by atomic mass is 16.7. The van der Waals surface area contributed by atoms with Crippen molar-refractivity contribution in [1.82, 2.24) is 15.4 Å². The van der Waals surface area contributed by atoms with E-state index in [1.807, 2.05) is 0 Å². The molecular formula is C8H12N4O3. The molecule has 0 atom stereocenters. The summed E-state index contributed by atoms with van der Waals surface area (Å²) in [4.78, 5) is 26.5. The van der Waals surface area contributed by atoms with Gasteiger partial charge in [0.05, 0.1) is 19.2 Å². The van der Waals surface area contributed by atoms with Crippen LogP contribution in [-0.4, -0.2) is 15.7 Å². The first-order chi connectivity index (χ1) is 7.13. The van der Waals surface area contributed by atoms with Crippen LogP contribution in [0, 0.1) is 6.92 Å². The second-order valence-corrected chi connectivity index (χ2v) is 2.94. The third-order valence-electron chi connectivity index (χ3n) is 1.71. The number of carbonyl (C=O) groups is 1. The summed E-state index contributed by atoms with van der Waals surface area (Å²) in [6, 6.07) is 1.44. The number of aryl methyl sites for hydroxylation is 2. The van der Waals surface area contributed by atoms with Crippen molar-refractivity contribution in [2.24, 2.45) is 5.84 Å². The molecule has 7 heteroatoms. The molecule has 0 aliphatic rings. The van der Waals surface area contributed by atoms with Gasteiger partial charge in [0.1, 0.15) is 0 Å². The summed E-state index contributed by atoms with van der Waals surface area (Å²) in [6.45, 7) is 1.94. The van der Waals surface area contributed by atoms with Crippen molar-refractivity contribution in [1.29, 1.82) is 0 Å². The van der Waals surface area contributed by atoms with Gasteiger partial charge in [0, 0.05) is 6.07 Å². The fourth-order valence-electron chi connectivity index (χ4n) is 1.01. The standard InChI is InChI=1S/C8H12N4O3/c1-6-4-7(13)12(10-5-6)3-2-8(14)15-11-9/h4-5,11H,2-3,9H2,1H3. The molecule has 0 aromatic carbocycles. The Balaban J connectivity index is 2.58. The van der Waals surface area contributed by atoms with E-state index in [1.165, 1.54) is 10.7 Å². The highest BCUT2D eigenvalue weighted by Gasteiger charge is 2.04. The van der Waals surface area contributed by atoms with E-state index in [0.717, 1.165) is 5.56 Å². The molecule has 0 saturated carbocycles. The highest BCUT2D eigenvalue weighted by molar-refractivity contribution is 5.68. The number of hydrogen-bond donors (Lipinski definition) is 2. The van der Waals surface area contributed by atoms with Crippen LogP contribution >= 0.6 is 0 Å². The zero-order valence-electron chi connectivity index (χ0n) is 8.27. The van der Waals surface area contributed by atoms with Crippen LogP contribution in [-0.2, 0) is 16.2 Å². The van der Waals surface area contributed by atoms with E-state index in [-0.39, 0.29) is 18.5 Å². The van der Waals surface area contributed by atoms with Gasteiger partial charge in [0.15, 0.2) is 0 Å². The molecule has 82 valence electrons. The summed E-state index contributed by atoms with van der Waals surface area (Å²) in [6.07, 6.45) is 1.58. The first-order valence-corrected chi connectivity index (χ1v) is 4.32. The highest BCUT2D eigenvalue weighted by Crippen LogP contribution is 1.90. The smallest absolute Gasteiger partial charge is 0.328 e. The zero-order valence-corrected chi connectivity index (χ0v) is 8.27. The van der Waals surface area contributed by atoms with E-state index in [0.29, 0.717) is 0 Å². The van der Waals surface area contributed by atoms with Crippen molar-refractivity contribution >= 4 is 5.97 Å². The first-order valence-electron chi connectivity index (χ1n) is 4.32. The number of hydrazine groups is 1. The normalized spacial score (nSPS) is 10.0. The van der Waals surface area contributed by atoms with Crippen LogP contribution in [0.25, 0.3) is 0 Å². The van der Waals surface area contributed by atoms with Crippen LogP contribution in [0.2, 0.25) is 0 Å². The molecule has 0 bridgehead atoms. The lowest BCUT2D eigenvalue weighted by atomic mass is 10.3. The topological polar surface area (TPSA) is 99.2 Å². The van der Waals surface area contributed by atoms with Crippen LogP contribution in [0.1, 0.15) is 12.0 Å².